The molecule has 0 aliphatic rings. The SMILES string of the molecule is Cc1ccc(Cl)c(NC(=O)COc2ccc(C#N)cc2Cl)c1Cl. The van der Waals surface area contributed by atoms with Crippen LogP contribution >= 0.6 is 34.8 Å². The summed E-state index contributed by atoms with van der Waals surface area (Å²) in [6, 6.07) is 9.91. The van der Waals surface area contributed by atoms with E-state index >= 15 is 0 Å². The molecule has 0 aromatic heterocycles. The standard InChI is InChI=1S/C16H11Cl3N2O2/c1-9-2-4-11(17)16(15(9)19)21-14(22)8-23-13-5-3-10(7-20)6-12(13)18/h2-6H,8H2,1H3,(H,21,22). The molecule has 0 spiro atoms. The van der Waals surface area contributed by atoms with Gasteiger partial charge in [0.15, 0.2) is 6.61 Å². The molecular formula is C16H11Cl3N2O2. The van der Waals surface area contributed by atoms with E-state index in [1.54, 1.807) is 25.1 Å². The first kappa shape index (κ1) is 17.4. The first-order chi connectivity index (χ1) is 10.9. The number of nitrogens with one attached hydrogen (secondary N) is 1. The van der Waals surface area contributed by atoms with Crippen LogP contribution in [0.5, 0.6) is 5.75 Å². The Bertz CT molecular complexity index is 801. The van der Waals surface area contributed by atoms with Gasteiger partial charge in [-0.1, -0.05) is 40.9 Å². The first-order valence-corrected chi connectivity index (χ1v) is 7.62. The Morgan fingerprint density at radius 2 is 1.96 bits per heavy atom. The lowest BCUT2D eigenvalue weighted by molar-refractivity contribution is -0.118. The van der Waals surface area contributed by atoms with Gasteiger partial charge >= 0.3 is 0 Å². The minimum atomic E-state index is -0.431. The predicted octanol–water partition coefficient (Wildman–Crippen LogP) is 4.84. The Morgan fingerprint density at radius 3 is 2.61 bits per heavy atom. The maximum atomic E-state index is 12.0. The largest absolute Gasteiger partial charge is 0.482 e. The van der Waals surface area contributed by atoms with Crippen LogP contribution in [0.4, 0.5) is 5.69 Å². The fourth-order valence-electron chi connectivity index (χ4n) is 1.78. The van der Waals surface area contributed by atoms with E-state index in [2.05, 4.69) is 5.32 Å². The molecule has 0 heterocycles. The van der Waals surface area contributed by atoms with Crippen LogP contribution in [-0.4, -0.2) is 12.5 Å². The quantitative estimate of drug-likeness (QED) is 0.838. The van der Waals surface area contributed by atoms with Gasteiger partial charge in [0.25, 0.3) is 5.91 Å². The molecule has 0 fully saturated rings. The van der Waals surface area contributed by atoms with E-state index in [1.165, 1.54) is 12.1 Å². The summed E-state index contributed by atoms with van der Waals surface area (Å²) in [6.45, 7) is 1.54. The summed E-state index contributed by atoms with van der Waals surface area (Å²) in [5.74, 6) is -0.123. The second kappa shape index (κ2) is 7.56. The van der Waals surface area contributed by atoms with Crippen molar-refractivity contribution in [2.45, 2.75) is 6.92 Å². The van der Waals surface area contributed by atoms with E-state index < -0.39 is 5.91 Å². The number of nitrogens with zero attached hydrogens (tertiary/aromatic N) is 1. The van der Waals surface area contributed by atoms with Crippen molar-refractivity contribution < 1.29 is 9.53 Å². The maximum Gasteiger partial charge on any atom is 0.262 e. The van der Waals surface area contributed by atoms with Crippen molar-refractivity contribution in [3.05, 3.63) is 56.5 Å². The highest BCUT2D eigenvalue weighted by atomic mass is 35.5. The van der Waals surface area contributed by atoms with Crippen LogP contribution in [0.25, 0.3) is 0 Å². The molecule has 0 atom stereocenters. The maximum absolute atomic E-state index is 12.0. The summed E-state index contributed by atoms with van der Waals surface area (Å²) in [6.07, 6.45) is 0. The van der Waals surface area contributed by atoms with Gasteiger partial charge < -0.3 is 10.1 Å². The highest BCUT2D eigenvalue weighted by molar-refractivity contribution is 6.40. The number of hydrogen-bond donors (Lipinski definition) is 1. The Hall–Kier alpha value is -1.93. The minimum absolute atomic E-state index is 0.253. The lowest BCUT2D eigenvalue weighted by atomic mass is 10.2. The first-order valence-electron chi connectivity index (χ1n) is 6.49. The van der Waals surface area contributed by atoms with Gasteiger partial charge in [-0.2, -0.15) is 5.26 Å². The van der Waals surface area contributed by atoms with Gasteiger partial charge in [-0.25, -0.2) is 0 Å². The number of amides is 1. The molecule has 0 saturated heterocycles. The van der Waals surface area contributed by atoms with Crippen molar-refractivity contribution in [3.63, 3.8) is 0 Å². The number of anilines is 1. The Balaban J connectivity index is 2.04. The van der Waals surface area contributed by atoms with E-state index in [0.717, 1.165) is 5.56 Å². The third-order valence-electron chi connectivity index (χ3n) is 2.97. The normalized spacial score (nSPS) is 10.0. The zero-order valence-electron chi connectivity index (χ0n) is 12.0. The van der Waals surface area contributed by atoms with E-state index in [-0.39, 0.29) is 11.6 Å². The van der Waals surface area contributed by atoms with Crippen LogP contribution in [0.2, 0.25) is 15.1 Å². The van der Waals surface area contributed by atoms with Crippen LogP contribution in [0.1, 0.15) is 11.1 Å². The van der Waals surface area contributed by atoms with Crippen molar-refractivity contribution in [1.29, 1.82) is 5.26 Å². The highest BCUT2D eigenvalue weighted by Crippen LogP contribution is 2.33. The van der Waals surface area contributed by atoms with Crippen LogP contribution in [0, 0.1) is 18.3 Å². The lowest BCUT2D eigenvalue weighted by Crippen LogP contribution is -2.20. The number of aryl methyl sites for hydroxylation is 1. The third-order valence-corrected chi connectivity index (χ3v) is 4.07. The number of ether oxygens (including phenoxy) is 1. The van der Waals surface area contributed by atoms with Crippen molar-refractivity contribution in [3.8, 4) is 11.8 Å². The number of carbonyl (C=O) groups is 1. The van der Waals surface area contributed by atoms with Crippen molar-refractivity contribution in [2.24, 2.45) is 0 Å². The summed E-state index contributed by atoms with van der Waals surface area (Å²) in [5.41, 5.74) is 1.54. The summed E-state index contributed by atoms with van der Waals surface area (Å²) in [5, 5.41) is 12.3. The number of halogens is 3. The molecule has 1 N–H and O–H groups in total. The van der Waals surface area contributed by atoms with Gasteiger partial charge in [0.05, 0.1) is 32.4 Å². The zero-order chi connectivity index (χ0) is 17.0. The molecule has 0 bridgehead atoms. The second-order valence-electron chi connectivity index (χ2n) is 4.65. The van der Waals surface area contributed by atoms with Crippen LogP contribution in [-0.2, 0) is 4.79 Å². The van der Waals surface area contributed by atoms with E-state index in [9.17, 15) is 4.79 Å². The van der Waals surface area contributed by atoms with E-state index in [4.69, 9.17) is 44.8 Å². The summed E-state index contributed by atoms with van der Waals surface area (Å²) < 4.78 is 5.34. The van der Waals surface area contributed by atoms with E-state index in [1.807, 2.05) is 6.07 Å². The molecule has 23 heavy (non-hydrogen) atoms. The Kier molecular flexibility index (Phi) is 5.73. The molecule has 2 aromatic rings. The van der Waals surface area contributed by atoms with Gasteiger partial charge in [-0.05, 0) is 36.8 Å². The van der Waals surface area contributed by atoms with E-state index in [0.29, 0.717) is 27.0 Å². The molecule has 0 unspecified atom stereocenters. The molecule has 0 aliphatic heterocycles. The second-order valence-corrected chi connectivity index (χ2v) is 5.84. The number of nitriles is 1. The van der Waals surface area contributed by atoms with Gasteiger partial charge in [0, 0.05) is 0 Å². The molecule has 118 valence electrons. The topological polar surface area (TPSA) is 62.1 Å². The molecule has 2 rings (SSSR count). The fourth-order valence-corrected chi connectivity index (χ4v) is 2.48. The zero-order valence-corrected chi connectivity index (χ0v) is 14.3. The highest BCUT2D eigenvalue weighted by Gasteiger charge is 2.13. The lowest BCUT2D eigenvalue weighted by Gasteiger charge is -2.12. The van der Waals surface area contributed by atoms with Crippen LogP contribution in [0.15, 0.2) is 30.3 Å². The average Bonchev–Trinajstić information content (AvgIpc) is 2.54. The average molecular weight is 370 g/mol. The molecule has 1 amide bonds. The molecular weight excluding hydrogens is 359 g/mol. The summed E-state index contributed by atoms with van der Waals surface area (Å²) >= 11 is 18.1. The molecule has 0 saturated carbocycles. The minimum Gasteiger partial charge on any atom is -0.482 e. The monoisotopic (exact) mass is 368 g/mol. The molecule has 0 radical (unpaired) electrons. The van der Waals surface area contributed by atoms with Gasteiger partial charge in [0.2, 0.25) is 0 Å². The van der Waals surface area contributed by atoms with Crippen molar-refractivity contribution >= 4 is 46.4 Å². The number of rotatable bonds is 4. The molecule has 2 aromatic carbocycles. The van der Waals surface area contributed by atoms with Gasteiger partial charge in [0.1, 0.15) is 5.75 Å². The summed E-state index contributed by atoms with van der Waals surface area (Å²) in [4.78, 5) is 12.0. The van der Waals surface area contributed by atoms with Gasteiger partial charge in [-0.15, -0.1) is 0 Å². The molecule has 7 heteroatoms. The number of carbonyl (C=O) groups excluding carboxylic acids is 1. The predicted molar refractivity (Wildman–Crippen MR) is 91.5 cm³/mol. The number of hydrogen-bond acceptors (Lipinski definition) is 3. The summed E-state index contributed by atoms with van der Waals surface area (Å²) in [7, 11) is 0. The number of benzene rings is 2. The van der Waals surface area contributed by atoms with Crippen molar-refractivity contribution in [1.82, 2.24) is 0 Å². The third kappa shape index (κ3) is 4.29. The fraction of sp³-hybridized carbons (Fsp3) is 0.125. The Morgan fingerprint density at radius 1 is 1.22 bits per heavy atom. The Labute approximate surface area is 148 Å². The molecule has 0 aliphatic carbocycles. The van der Waals surface area contributed by atoms with Crippen molar-refractivity contribution in [2.75, 3.05) is 11.9 Å². The molecule has 4 nitrogen and oxygen atoms in total. The van der Waals surface area contributed by atoms with Crippen LogP contribution in [0.3, 0.4) is 0 Å². The smallest absolute Gasteiger partial charge is 0.262 e. The van der Waals surface area contributed by atoms with Crippen LogP contribution < -0.4 is 10.1 Å². The van der Waals surface area contributed by atoms with Gasteiger partial charge in [-0.3, -0.25) is 4.79 Å².